The number of amides is 1. The van der Waals surface area contributed by atoms with E-state index in [-0.39, 0.29) is 23.9 Å². The van der Waals surface area contributed by atoms with E-state index in [9.17, 15) is 9.59 Å². The topological polar surface area (TPSA) is 68.2 Å². The van der Waals surface area contributed by atoms with Crippen LogP contribution in [0.4, 0.5) is 0 Å². The number of carbonyl (C=O) groups is 2. The van der Waals surface area contributed by atoms with Crippen molar-refractivity contribution in [3.63, 3.8) is 0 Å². The minimum atomic E-state index is -0.599. The SMILES string of the molecule is CCOC(=O)C1(CC2CC(c3ccccc3C)=NO2)CCN(C(=O)C2CC2)CC1. The summed E-state index contributed by atoms with van der Waals surface area (Å²) in [6, 6.07) is 8.14. The fourth-order valence-corrected chi connectivity index (χ4v) is 4.55. The summed E-state index contributed by atoms with van der Waals surface area (Å²) in [4.78, 5) is 33.0. The van der Waals surface area contributed by atoms with Gasteiger partial charge >= 0.3 is 5.97 Å². The average Bonchev–Trinajstić information content (AvgIpc) is 3.48. The molecule has 1 aromatic carbocycles. The lowest BCUT2D eigenvalue weighted by atomic mass is 9.73. The van der Waals surface area contributed by atoms with E-state index in [1.165, 1.54) is 5.56 Å². The highest BCUT2D eigenvalue weighted by atomic mass is 16.6. The van der Waals surface area contributed by atoms with Crippen LogP contribution in [0.1, 0.15) is 56.6 Å². The summed E-state index contributed by atoms with van der Waals surface area (Å²) in [5.74, 6) is 0.310. The Morgan fingerprint density at radius 1 is 1.24 bits per heavy atom. The Morgan fingerprint density at radius 2 is 1.97 bits per heavy atom. The maximum absolute atomic E-state index is 12.9. The third kappa shape index (κ3) is 4.16. The third-order valence-electron chi connectivity index (χ3n) is 6.47. The molecule has 0 bridgehead atoms. The van der Waals surface area contributed by atoms with Crippen LogP contribution in [0.5, 0.6) is 0 Å². The monoisotopic (exact) mass is 398 g/mol. The molecule has 0 aromatic heterocycles. The zero-order valence-corrected chi connectivity index (χ0v) is 17.4. The van der Waals surface area contributed by atoms with Crippen molar-refractivity contribution >= 4 is 17.6 Å². The Bertz CT molecular complexity index is 807. The van der Waals surface area contributed by atoms with Gasteiger partial charge in [-0.15, -0.1) is 0 Å². The smallest absolute Gasteiger partial charge is 0.312 e. The van der Waals surface area contributed by atoms with Crippen LogP contribution >= 0.6 is 0 Å². The number of benzene rings is 1. The Labute approximate surface area is 172 Å². The normalized spacial score (nSPS) is 23.3. The lowest BCUT2D eigenvalue weighted by Crippen LogP contribution is -2.48. The van der Waals surface area contributed by atoms with Gasteiger partial charge in [0.1, 0.15) is 6.10 Å². The van der Waals surface area contributed by atoms with Gasteiger partial charge in [0, 0.05) is 37.4 Å². The number of ether oxygens (including phenoxy) is 1. The summed E-state index contributed by atoms with van der Waals surface area (Å²) in [6.45, 7) is 5.50. The van der Waals surface area contributed by atoms with Crippen LogP contribution in [0.15, 0.2) is 29.4 Å². The van der Waals surface area contributed by atoms with Crippen molar-refractivity contribution in [2.24, 2.45) is 16.5 Å². The number of rotatable bonds is 6. The molecule has 1 unspecified atom stereocenters. The quantitative estimate of drug-likeness (QED) is 0.688. The number of hydrogen-bond donors (Lipinski definition) is 0. The predicted molar refractivity (Wildman–Crippen MR) is 109 cm³/mol. The van der Waals surface area contributed by atoms with Gasteiger partial charge in [-0.25, -0.2) is 0 Å². The van der Waals surface area contributed by atoms with Gasteiger partial charge in [0.05, 0.1) is 17.7 Å². The molecule has 0 spiro atoms. The van der Waals surface area contributed by atoms with E-state index in [2.05, 4.69) is 24.2 Å². The fraction of sp³-hybridized carbons (Fsp3) is 0.609. The number of hydrogen-bond acceptors (Lipinski definition) is 5. The fourth-order valence-electron chi connectivity index (χ4n) is 4.55. The molecule has 1 amide bonds. The average molecular weight is 399 g/mol. The predicted octanol–water partition coefficient (Wildman–Crippen LogP) is 3.46. The highest BCUT2D eigenvalue weighted by Crippen LogP contribution is 2.41. The van der Waals surface area contributed by atoms with Gasteiger partial charge in [-0.3, -0.25) is 9.59 Å². The van der Waals surface area contributed by atoms with Crippen LogP contribution in [0.2, 0.25) is 0 Å². The first-order valence-corrected chi connectivity index (χ1v) is 10.8. The van der Waals surface area contributed by atoms with E-state index in [0.717, 1.165) is 24.1 Å². The minimum Gasteiger partial charge on any atom is -0.466 e. The number of likely N-dealkylation sites (tertiary alicyclic amines) is 1. The van der Waals surface area contributed by atoms with Gasteiger partial charge in [-0.05, 0) is 45.1 Å². The van der Waals surface area contributed by atoms with Gasteiger partial charge in [0.15, 0.2) is 0 Å². The van der Waals surface area contributed by atoms with Crippen LogP contribution < -0.4 is 0 Å². The van der Waals surface area contributed by atoms with E-state index in [1.807, 2.05) is 24.0 Å². The first-order valence-electron chi connectivity index (χ1n) is 10.8. The summed E-state index contributed by atoms with van der Waals surface area (Å²) < 4.78 is 5.45. The molecule has 0 N–H and O–H groups in total. The molecule has 3 aliphatic rings. The minimum absolute atomic E-state index is 0.139. The Morgan fingerprint density at radius 3 is 2.62 bits per heavy atom. The summed E-state index contributed by atoms with van der Waals surface area (Å²) in [7, 11) is 0. The van der Waals surface area contributed by atoms with Gasteiger partial charge in [-0.2, -0.15) is 0 Å². The number of aryl methyl sites for hydroxylation is 1. The molecular weight excluding hydrogens is 368 g/mol. The molecule has 6 nitrogen and oxygen atoms in total. The van der Waals surface area contributed by atoms with Crippen molar-refractivity contribution in [1.29, 1.82) is 0 Å². The standard InChI is InChI=1S/C23H30N2O4/c1-3-28-22(27)23(10-12-25(13-11-23)21(26)17-8-9-17)15-18-14-20(24-29-18)19-7-5-4-6-16(19)2/h4-7,17-18H,3,8-15H2,1-2H3. The number of oxime groups is 1. The molecule has 1 aromatic rings. The largest absolute Gasteiger partial charge is 0.466 e. The number of carbonyl (C=O) groups excluding carboxylic acids is 2. The Balaban J connectivity index is 1.43. The maximum atomic E-state index is 12.9. The first kappa shape index (κ1) is 19.9. The van der Waals surface area contributed by atoms with Crippen molar-refractivity contribution < 1.29 is 19.2 Å². The molecule has 1 saturated heterocycles. The molecule has 1 saturated carbocycles. The number of piperidine rings is 1. The second-order valence-corrected chi connectivity index (χ2v) is 8.59. The van der Waals surface area contributed by atoms with E-state index in [1.54, 1.807) is 0 Å². The van der Waals surface area contributed by atoms with Gasteiger partial charge in [-0.1, -0.05) is 29.4 Å². The molecular formula is C23H30N2O4. The summed E-state index contributed by atoms with van der Waals surface area (Å²) in [5, 5.41) is 4.32. The van der Waals surface area contributed by atoms with Crippen LogP contribution in [0.3, 0.4) is 0 Å². The van der Waals surface area contributed by atoms with Crippen molar-refractivity contribution in [2.75, 3.05) is 19.7 Å². The van der Waals surface area contributed by atoms with Crippen molar-refractivity contribution in [3.05, 3.63) is 35.4 Å². The number of nitrogens with zero attached hydrogens (tertiary/aromatic N) is 2. The van der Waals surface area contributed by atoms with Gasteiger partial charge < -0.3 is 14.5 Å². The second-order valence-electron chi connectivity index (χ2n) is 8.59. The second kappa shape index (κ2) is 8.17. The number of esters is 1. The zero-order chi connectivity index (χ0) is 20.4. The van der Waals surface area contributed by atoms with Crippen molar-refractivity contribution in [3.8, 4) is 0 Å². The van der Waals surface area contributed by atoms with Crippen LogP contribution in [0, 0.1) is 18.3 Å². The van der Waals surface area contributed by atoms with Crippen molar-refractivity contribution in [1.82, 2.24) is 4.90 Å². The van der Waals surface area contributed by atoms with E-state index >= 15 is 0 Å². The Hall–Kier alpha value is -2.37. The highest BCUT2D eigenvalue weighted by Gasteiger charge is 2.47. The maximum Gasteiger partial charge on any atom is 0.312 e. The van der Waals surface area contributed by atoms with Gasteiger partial charge in [0.2, 0.25) is 5.91 Å². The molecule has 1 aliphatic carbocycles. The van der Waals surface area contributed by atoms with E-state index in [0.29, 0.717) is 45.4 Å². The zero-order valence-electron chi connectivity index (χ0n) is 17.4. The lowest BCUT2D eigenvalue weighted by Gasteiger charge is -2.40. The van der Waals surface area contributed by atoms with Crippen LogP contribution in [-0.2, 0) is 19.2 Å². The van der Waals surface area contributed by atoms with Crippen LogP contribution in [0.25, 0.3) is 0 Å². The first-order chi connectivity index (χ1) is 14.0. The molecule has 6 heteroatoms. The molecule has 2 fully saturated rings. The van der Waals surface area contributed by atoms with E-state index < -0.39 is 5.41 Å². The summed E-state index contributed by atoms with van der Waals surface area (Å²) in [5.41, 5.74) is 2.61. The molecule has 2 heterocycles. The van der Waals surface area contributed by atoms with Gasteiger partial charge in [0.25, 0.3) is 0 Å². The molecule has 1 atom stereocenters. The Kier molecular flexibility index (Phi) is 5.61. The summed E-state index contributed by atoms with van der Waals surface area (Å²) >= 11 is 0. The highest BCUT2D eigenvalue weighted by molar-refractivity contribution is 6.02. The van der Waals surface area contributed by atoms with Crippen LogP contribution in [-0.4, -0.2) is 48.3 Å². The molecule has 2 aliphatic heterocycles. The third-order valence-corrected chi connectivity index (χ3v) is 6.47. The lowest BCUT2D eigenvalue weighted by molar-refractivity contribution is -0.163. The summed E-state index contributed by atoms with van der Waals surface area (Å²) in [6.07, 6.45) is 4.40. The molecule has 156 valence electrons. The van der Waals surface area contributed by atoms with Crippen molar-refractivity contribution in [2.45, 2.75) is 58.5 Å². The van der Waals surface area contributed by atoms with E-state index in [4.69, 9.17) is 9.57 Å². The molecule has 4 rings (SSSR count). The molecule has 0 radical (unpaired) electrons. The molecule has 29 heavy (non-hydrogen) atoms.